The van der Waals surface area contributed by atoms with Crippen molar-refractivity contribution in [3.63, 3.8) is 0 Å². The predicted octanol–water partition coefficient (Wildman–Crippen LogP) is 2.63. The van der Waals surface area contributed by atoms with E-state index in [4.69, 9.17) is 11.6 Å². The van der Waals surface area contributed by atoms with Gasteiger partial charge in [-0.25, -0.2) is 0 Å². The second-order valence-electron chi connectivity index (χ2n) is 3.78. The van der Waals surface area contributed by atoms with E-state index in [1.165, 1.54) is 0 Å². The van der Waals surface area contributed by atoms with E-state index in [1.54, 1.807) is 6.08 Å². The van der Waals surface area contributed by atoms with E-state index in [-0.39, 0.29) is 11.8 Å². The molecule has 2 rings (SSSR count). The van der Waals surface area contributed by atoms with Crippen LogP contribution in [0, 0.1) is 0 Å². The van der Waals surface area contributed by atoms with Gasteiger partial charge in [0.1, 0.15) is 0 Å². The number of benzene rings is 1. The van der Waals surface area contributed by atoms with Gasteiger partial charge in [-0.1, -0.05) is 23.7 Å². The maximum Gasteiger partial charge on any atom is 0.159 e. The maximum atomic E-state index is 11.4. The van der Waals surface area contributed by atoms with Crippen molar-refractivity contribution in [2.45, 2.75) is 19.4 Å². The highest BCUT2D eigenvalue weighted by Gasteiger charge is 2.16. The molecule has 0 aromatic heterocycles. The highest BCUT2D eigenvalue weighted by atomic mass is 35.5. The molecule has 0 amide bonds. The average Bonchev–Trinajstić information content (AvgIpc) is 2.16. The Morgan fingerprint density at radius 1 is 1.47 bits per heavy atom. The van der Waals surface area contributed by atoms with E-state index in [2.05, 4.69) is 5.32 Å². The fraction of sp³-hybridized carbons (Fsp3) is 0.250. The van der Waals surface area contributed by atoms with Gasteiger partial charge in [0.2, 0.25) is 0 Å². The zero-order valence-electron chi connectivity index (χ0n) is 8.46. The Balaban J connectivity index is 2.34. The summed E-state index contributed by atoms with van der Waals surface area (Å²) in [6.45, 7) is 2.00. The molecule has 2 nitrogen and oxygen atoms in total. The first kappa shape index (κ1) is 10.2. The quantitative estimate of drug-likeness (QED) is 0.790. The molecule has 1 aliphatic heterocycles. The van der Waals surface area contributed by atoms with Crippen LogP contribution in [0.25, 0.3) is 5.70 Å². The smallest absolute Gasteiger partial charge is 0.159 e. The summed E-state index contributed by atoms with van der Waals surface area (Å²) in [5.41, 5.74) is 1.82. The van der Waals surface area contributed by atoms with Crippen LogP contribution in [-0.2, 0) is 4.79 Å². The van der Waals surface area contributed by atoms with Crippen LogP contribution in [0.4, 0.5) is 0 Å². The molecular formula is C12H12ClNO. The highest BCUT2D eigenvalue weighted by molar-refractivity contribution is 6.30. The number of halogens is 1. The van der Waals surface area contributed by atoms with Crippen molar-refractivity contribution in [2.24, 2.45) is 0 Å². The minimum absolute atomic E-state index is 0.163. The van der Waals surface area contributed by atoms with Crippen LogP contribution in [0.15, 0.2) is 30.3 Å². The number of carbonyl (C=O) groups excluding carboxylic acids is 1. The molecule has 0 spiro atoms. The first-order chi connectivity index (χ1) is 7.15. The van der Waals surface area contributed by atoms with Gasteiger partial charge in [0.15, 0.2) is 5.78 Å². The summed E-state index contributed by atoms with van der Waals surface area (Å²) in [4.78, 5) is 11.4. The largest absolute Gasteiger partial charge is 0.382 e. The summed E-state index contributed by atoms with van der Waals surface area (Å²) < 4.78 is 0. The third-order valence-corrected chi connectivity index (χ3v) is 2.59. The summed E-state index contributed by atoms with van der Waals surface area (Å²) in [6, 6.07) is 7.68. The van der Waals surface area contributed by atoms with Crippen LogP contribution in [0.2, 0.25) is 5.02 Å². The topological polar surface area (TPSA) is 29.1 Å². The standard InChI is InChI=1S/C12H12ClNO/c1-8-5-11(15)7-12(14-8)9-3-2-4-10(13)6-9/h2-4,6-8,14H,5H2,1H3. The zero-order valence-corrected chi connectivity index (χ0v) is 9.21. The zero-order chi connectivity index (χ0) is 10.8. The van der Waals surface area contributed by atoms with E-state index in [0.717, 1.165) is 11.3 Å². The van der Waals surface area contributed by atoms with Crippen LogP contribution in [0.3, 0.4) is 0 Å². The molecule has 15 heavy (non-hydrogen) atoms. The van der Waals surface area contributed by atoms with Crippen LogP contribution >= 0.6 is 11.6 Å². The molecule has 1 aliphatic rings. The van der Waals surface area contributed by atoms with E-state index >= 15 is 0 Å². The van der Waals surface area contributed by atoms with Crippen molar-refractivity contribution >= 4 is 23.1 Å². The van der Waals surface area contributed by atoms with Gasteiger partial charge in [-0.05, 0) is 24.6 Å². The number of hydrogen-bond acceptors (Lipinski definition) is 2. The van der Waals surface area contributed by atoms with Gasteiger partial charge in [0.05, 0.1) is 0 Å². The summed E-state index contributed by atoms with van der Waals surface area (Å²) in [7, 11) is 0. The fourth-order valence-electron chi connectivity index (χ4n) is 1.70. The third kappa shape index (κ3) is 2.39. The second kappa shape index (κ2) is 4.07. The van der Waals surface area contributed by atoms with E-state index < -0.39 is 0 Å². The Kier molecular flexibility index (Phi) is 2.78. The summed E-state index contributed by atoms with van der Waals surface area (Å²) in [6.07, 6.45) is 2.20. The number of carbonyl (C=O) groups is 1. The summed E-state index contributed by atoms with van der Waals surface area (Å²) in [5, 5.41) is 3.95. The number of nitrogens with one attached hydrogen (secondary N) is 1. The lowest BCUT2D eigenvalue weighted by molar-refractivity contribution is -0.115. The second-order valence-corrected chi connectivity index (χ2v) is 4.22. The molecule has 0 fully saturated rings. The highest BCUT2D eigenvalue weighted by Crippen LogP contribution is 2.20. The van der Waals surface area contributed by atoms with Crippen molar-refractivity contribution < 1.29 is 4.79 Å². The van der Waals surface area contributed by atoms with Crippen LogP contribution in [0.5, 0.6) is 0 Å². The Bertz CT molecular complexity index is 425. The van der Waals surface area contributed by atoms with Crippen molar-refractivity contribution in [1.29, 1.82) is 0 Å². The average molecular weight is 222 g/mol. The molecule has 0 radical (unpaired) electrons. The summed E-state index contributed by atoms with van der Waals surface area (Å²) >= 11 is 5.90. The van der Waals surface area contributed by atoms with E-state index in [1.807, 2.05) is 31.2 Å². The molecule has 0 saturated carbocycles. The van der Waals surface area contributed by atoms with E-state index in [9.17, 15) is 4.79 Å². The van der Waals surface area contributed by atoms with Crippen LogP contribution < -0.4 is 5.32 Å². The molecule has 0 saturated heterocycles. The Hall–Kier alpha value is -1.28. The van der Waals surface area contributed by atoms with Gasteiger partial charge in [-0.15, -0.1) is 0 Å². The van der Waals surface area contributed by atoms with Gasteiger partial charge in [0.25, 0.3) is 0 Å². The van der Waals surface area contributed by atoms with Crippen molar-refractivity contribution in [1.82, 2.24) is 5.32 Å². The number of ketones is 1. The fourth-order valence-corrected chi connectivity index (χ4v) is 1.89. The monoisotopic (exact) mass is 221 g/mol. The number of allylic oxidation sites excluding steroid dienone is 1. The lowest BCUT2D eigenvalue weighted by Crippen LogP contribution is -2.31. The van der Waals surface area contributed by atoms with Crippen molar-refractivity contribution in [2.75, 3.05) is 0 Å². The first-order valence-corrected chi connectivity index (χ1v) is 5.30. The van der Waals surface area contributed by atoms with E-state index in [0.29, 0.717) is 11.4 Å². The normalized spacial score (nSPS) is 20.8. The molecule has 0 aliphatic carbocycles. The third-order valence-electron chi connectivity index (χ3n) is 2.35. The Morgan fingerprint density at radius 2 is 2.27 bits per heavy atom. The molecule has 1 atom stereocenters. The SMILES string of the molecule is CC1CC(=O)C=C(c2cccc(Cl)c2)N1. The van der Waals surface area contributed by atoms with Gasteiger partial charge in [-0.3, -0.25) is 4.79 Å². The molecule has 1 heterocycles. The molecule has 1 N–H and O–H groups in total. The molecular weight excluding hydrogens is 210 g/mol. The molecule has 1 unspecified atom stereocenters. The van der Waals surface area contributed by atoms with Crippen molar-refractivity contribution in [3.8, 4) is 0 Å². The van der Waals surface area contributed by atoms with Crippen molar-refractivity contribution in [3.05, 3.63) is 40.9 Å². The van der Waals surface area contributed by atoms with Gasteiger partial charge < -0.3 is 5.32 Å². The van der Waals surface area contributed by atoms with Crippen LogP contribution in [0.1, 0.15) is 18.9 Å². The number of rotatable bonds is 1. The lowest BCUT2D eigenvalue weighted by Gasteiger charge is -2.21. The maximum absolute atomic E-state index is 11.4. The predicted molar refractivity (Wildman–Crippen MR) is 61.7 cm³/mol. The lowest BCUT2D eigenvalue weighted by atomic mass is 10.0. The first-order valence-electron chi connectivity index (χ1n) is 4.92. The molecule has 0 bridgehead atoms. The number of hydrogen-bond donors (Lipinski definition) is 1. The molecule has 78 valence electrons. The minimum atomic E-state index is 0.163. The van der Waals surface area contributed by atoms with Crippen LogP contribution in [-0.4, -0.2) is 11.8 Å². The van der Waals surface area contributed by atoms with Gasteiger partial charge in [0, 0.05) is 29.3 Å². The minimum Gasteiger partial charge on any atom is -0.382 e. The molecule has 3 heteroatoms. The Labute approximate surface area is 93.9 Å². The van der Waals surface area contributed by atoms with Gasteiger partial charge in [-0.2, -0.15) is 0 Å². The van der Waals surface area contributed by atoms with Gasteiger partial charge >= 0.3 is 0 Å². The molecule has 1 aromatic rings. The molecule has 1 aromatic carbocycles. The Morgan fingerprint density at radius 3 is 2.93 bits per heavy atom. The summed E-state index contributed by atoms with van der Waals surface area (Å²) in [5.74, 6) is 0.163.